The van der Waals surface area contributed by atoms with Crippen molar-refractivity contribution in [2.75, 3.05) is 0 Å². The van der Waals surface area contributed by atoms with E-state index in [0.29, 0.717) is 0 Å². The molecule has 0 N–H and O–H groups in total. The molecule has 12 rings (SSSR count). The first-order valence-electron chi connectivity index (χ1n) is 20.8. The summed E-state index contributed by atoms with van der Waals surface area (Å²) < 4.78 is 0. The first-order valence-corrected chi connectivity index (χ1v) is 20.8. The molecule has 0 unspecified atom stereocenters. The Morgan fingerprint density at radius 3 is 1.37 bits per heavy atom. The van der Waals surface area contributed by atoms with Gasteiger partial charge in [0.2, 0.25) is 0 Å². The molecule has 1 aliphatic rings. The van der Waals surface area contributed by atoms with Gasteiger partial charge in [0.1, 0.15) is 0 Å². The minimum Gasteiger partial charge on any atom is -0.0616 e. The van der Waals surface area contributed by atoms with Gasteiger partial charge in [-0.05, 0) is 133 Å². The van der Waals surface area contributed by atoms with Crippen LogP contribution in [0.3, 0.4) is 0 Å². The van der Waals surface area contributed by atoms with E-state index in [-0.39, 0.29) is 5.41 Å². The van der Waals surface area contributed by atoms with Crippen molar-refractivity contribution in [3.63, 3.8) is 0 Å². The topological polar surface area (TPSA) is 0 Å². The lowest BCUT2D eigenvalue weighted by Gasteiger charge is -2.26. The molecule has 0 saturated carbocycles. The first-order chi connectivity index (χ1) is 29.0. The van der Waals surface area contributed by atoms with Crippen LogP contribution >= 0.6 is 0 Å². The average Bonchev–Trinajstić information content (AvgIpc) is 3.55. The van der Waals surface area contributed by atoms with Crippen LogP contribution < -0.4 is 0 Å². The highest BCUT2D eigenvalue weighted by atomic mass is 14.4. The maximum absolute atomic E-state index is 2.44. The standard InChI is InChI=1S/C59H40/c1-59(2)57-44(27-14-28-53(57)56-47-21-7-5-19-45(47)46-20-6-12-26-52(46)58(56)59)42-17-13-18-43(36-42)55-50-24-10-8-22-48(50)54(49-23-9-11-25-51(49)55)39-32-29-38(30-33-39)41-34-31-37-15-3-4-16-40(37)35-41/h3-36H,1-2H3. The SMILES string of the molecule is CC1(C)c2c(-c3cccc(-c4c5ccccc5c(-c5ccc(-c6ccc7ccccc7c6)cc5)c5ccccc45)c3)cccc2-c2c1c1ccccc1c1ccccc21. The summed E-state index contributed by atoms with van der Waals surface area (Å²) >= 11 is 0. The molecule has 0 nitrogen and oxygen atoms in total. The van der Waals surface area contributed by atoms with Crippen molar-refractivity contribution in [3.8, 4) is 55.6 Å². The second kappa shape index (κ2) is 12.9. The minimum absolute atomic E-state index is 0.203. The van der Waals surface area contributed by atoms with E-state index >= 15 is 0 Å². The van der Waals surface area contributed by atoms with Crippen LogP contribution in [0, 0.1) is 0 Å². The van der Waals surface area contributed by atoms with Crippen molar-refractivity contribution >= 4 is 53.9 Å². The molecule has 0 heterocycles. The number of fused-ring (bicyclic) bond motifs is 11. The Hall–Kier alpha value is -7.28. The van der Waals surface area contributed by atoms with Gasteiger partial charge in [0.05, 0.1) is 0 Å². The molecule has 0 bridgehead atoms. The molecule has 1 aliphatic carbocycles. The Labute approximate surface area is 344 Å². The van der Waals surface area contributed by atoms with Gasteiger partial charge >= 0.3 is 0 Å². The fourth-order valence-electron chi connectivity index (χ4n) is 10.7. The Kier molecular flexibility index (Phi) is 7.38. The molecule has 11 aromatic rings. The van der Waals surface area contributed by atoms with E-state index in [9.17, 15) is 0 Å². The predicted molar refractivity (Wildman–Crippen MR) is 253 cm³/mol. The van der Waals surface area contributed by atoms with E-state index in [2.05, 4.69) is 220 Å². The van der Waals surface area contributed by atoms with Gasteiger partial charge in [-0.25, -0.2) is 0 Å². The molecule has 0 fully saturated rings. The summed E-state index contributed by atoms with van der Waals surface area (Å²) in [6.45, 7) is 4.86. The van der Waals surface area contributed by atoms with E-state index in [4.69, 9.17) is 0 Å². The van der Waals surface area contributed by atoms with Crippen LogP contribution in [0.4, 0.5) is 0 Å². The summed E-state index contributed by atoms with van der Waals surface area (Å²) in [5.74, 6) is 0. The average molecular weight is 749 g/mol. The highest BCUT2D eigenvalue weighted by Crippen LogP contribution is 2.57. The third-order valence-electron chi connectivity index (χ3n) is 13.2. The van der Waals surface area contributed by atoms with E-state index in [1.54, 1.807) is 0 Å². The molecule has 0 heteroatoms. The van der Waals surface area contributed by atoms with E-state index in [0.717, 1.165) is 0 Å². The second-order valence-corrected chi connectivity index (χ2v) is 16.8. The fourth-order valence-corrected chi connectivity index (χ4v) is 10.7. The highest BCUT2D eigenvalue weighted by Gasteiger charge is 2.40. The molecule has 0 amide bonds. The molecule has 0 radical (unpaired) electrons. The van der Waals surface area contributed by atoms with Crippen molar-refractivity contribution in [2.24, 2.45) is 0 Å². The van der Waals surface area contributed by atoms with Crippen molar-refractivity contribution in [1.29, 1.82) is 0 Å². The van der Waals surface area contributed by atoms with Crippen LogP contribution in [-0.4, -0.2) is 0 Å². The lowest BCUT2D eigenvalue weighted by molar-refractivity contribution is 0.668. The summed E-state index contributed by atoms with van der Waals surface area (Å²) in [5.41, 5.74) is 15.4. The monoisotopic (exact) mass is 748 g/mol. The molecular weight excluding hydrogens is 709 g/mol. The molecule has 0 saturated heterocycles. The van der Waals surface area contributed by atoms with Gasteiger partial charge in [-0.2, -0.15) is 0 Å². The van der Waals surface area contributed by atoms with E-state index in [1.807, 2.05) is 0 Å². The number of rotatable bonds is 4. The number of hydrogen-bond donors (Lipinski definition) is 0. The molecule has 0 atom stereocenters. The van der Waals surface area contributed by atoms with Crippen LogP contribution in [0.25, 0.3) is 109 Å². The summed E-state index contributed by atoms with van der Waals surface area (Å²) in [6.07, 6.45) is 0. The highest BCUT2D eigenvalue weighted by molar-refractivity contribution is 6.22. The minimum atomic E-state index is -0.203. The van der Waals surface area contributed by atoms with Gasteiger partial charge < -0.3 is 0 Å². The van der Waals surface area contributed by atoms with Crippen LogP contribution in [-0.2, 0) is 5.41 Å². The lowest BCUT2D eigenvalue weighted by Crippen LogP contribution is -2.17. The molecule has 11 aromatic carbocycles. The van der Waals surface area contributed by atoms with Gasteiger partial charge in [0.15, 0.2) is 0 Å². The second-order valence-electron chi connectivity index (χ2n) is 16.8. The van der Waals surface area contributed by atoms with Gasteiger partial charge in [-0.1, -0.05) is 208 Å². The number of hydrogen-bond acceptors (Lipinski definition) is 0. The van der Waals surface area contributed by atoms with Crippen LogP contribution in [0.2, 0.25) is 0 Å². The van der Waals surface area contributed by atoms with Gasteiger partial charge in [0.25, 0.3) is 0 Å². The Morgan fingerprint density at radius 2 is 0.712 bits per heavy atom. The number of benzene rings is 11. The normalized spacial score (nSPS) is 13.1. The van der Waals surface area contributed by atoms with Crippen molar-refractivity contribution in [1.82, 2.24) is 0 Å². The Morgan fingerprint density at radius 1 is 0.254 bits per heavy atom. The van der Waals surface area contributed by atoms with Gasteiger partial charge in [0, 0.05) is 5.41 Å². The largest absolute Gasteiger partial charge is 0.0616 e. The van der Waals surface area contributed by atoms with Crippen LogP contribution in [0.1, 0.15) is 25.0 Å². The van der Waals surface area contributed by atoms with Crippen LogP contribution in [0.15, 0.2) is 206 Å². The third-order valence-corrected chi connectivity index (χ3v) is 13.2. The maximum atomic E-state index is 2.44. The van der Waals surface area contributed by atoms with Crippen molar-refractivity contribution < 1.29 is 0 Å². The Bertz CT molecular complexity index is 3450. The molecule has 0 aliphatic heterocycles. The van der Waals surface area contributed by atoms with Crippen molar-refractivity contribution in [3.05, 3.63) is 217 Å². The van der Waals surface area contributed by atoms with Crippen molar-refractivity contribution in [2.45, 2.75) is 19.3 Å². The summed E-state index contributed by atoms with van der Waals surface area (Å²) in [7, 11) is 0. The predicted octanol–water partition coefficient (Wildman–Crippen LogP) is 16.4. The van der Waals surface area contributed by atoms with Gasteiger partial charge in [-0.15, -0.1) is 0 Å². The third kappa shape index (κ3) is 5.03. The quantitative estimate of drug-likeness (QED) is 0.124. The van der Waals surface area contributed by atoms with E-state index in [1.165, 1.54) is 121 Å². The maximum Gasteiger partial charge on any atom is 0.0171 e. The molecule has 0 aromatic heterocycles. The van der Waals surface area contributed by atoms with Crippen LogP contribution in [0.5, 0.6) is 0 Å². The lowest BCUT2D eigenvalue weighted by atomic mass is 9.76. The first kappa shape index (κ1) is 33.8. The Balaban J connectivity index is 1.02. The fraction of sp³-hybridized carbons (Fsp3) is 0.0508. The summed E-state index contributed by atoms with van der Waals surface area (Å²) in [6, 6.07) is 76.7. The molecule has 276 valence electrons. The molecule has 59 heavy (non-hydrogen) atoms. The molecular formula is C59H40. The molecule has 0 spiro atoms. The zero-order valence-electron chi connectivity index (χ0n) is 33.1. The van der Waals surface area contributed by atoms with Gasteiger partial charge in [-0.3, -0.25) is 0 Å². The zero-order valence-corrected chi connectivity index (χ0v) is 33.1. The summed E-state index contributed by atoms with van der Waals surface area (Å²) in [4.78, 5) is 0. The van der Waals surface area contributed by atoms with E-state index < -0.39 is 0 Å². The summed E-state index contributed by atoms with van der Waals surface area (Å²) in [5, 5.41) is 12.9. The smallest absolute Gasteiger partial charge is 0.0171 e. The zero-order chi connectivity index (χ0) is 39.2.